The Morgan fingerprint density at radius 1 is 1.33 bits per heavy atom. The van der Waals surface area contributed by atoms with Crippen molar-refractivity contribution in [3.63, 3.8) is 0 Å². The van der Waals surface area contributed by atoms with E-state index in [-0.39, 0.29) is 23.1 Å². The van der Waals surface area contributed by atoms with Crippen molar-refractivity contribution in [1.82, 2.24) is 9.71 Å². The predicted octanol–water partition coefficient (Wildman–Crippen LogP) is 1.35. The molecule has 2 fully saturated rings. The van der Waals surface area contributed by atoms with Gasteiger partial charge in [-0.2, -0.15) is 0 Å². The molecule has 4 rings (SSSR count). The largest absolute Gasteiger partial charge is 0.399 e. The number of anilines is 1. The van der Waals surface area contributed by atoms with Crippen molar-refractivity contribution in [1.29, 1.82) is 0 Å². The quantitative estimate of drug-likeness (QED) is 0.746. The Balaban J connectivity index is 1.68. The minimum Gasteiger partial charge on any atom is -0.399 e. The molecule has 0 saturated carbocycles. The molecule has 21 heavy (non-hydrogen) atoms. The van der Waals surface area contributed by atoms with Crippen LogP contribution in [0.2, 0.25) is 0 Å². The van der Waals surface area contributed by atoms with E-state index in [1.807, 2.05) is 0 Å². The molecule has 2 aromatic rings. The van der Waals surface area contributed by atoms with Crippen LogP contribution in [0, 0.1) is 0 Å². The molecule has 3 heterocycles. The van der Waals surface area contributed by atoms with Gasteiger partial charge in [0, 0.05) is 22.8 Å². The van der Waals surface area contributed by atoms with Gasteiger partial charge in [-0.15, -0.1) is 0 Å². The summed E-state index contributed by atoms with van der Waals surface area (Å²) in [6.07, 6.45) is 4.46. The minimum atomic E-state index is -3.58. The highest BCUT2D eigenvalue weighted by molar-refractivity contribution is 7.89. The Kier molecular flexibility index (Phi) is 2.79. The van der Waals surface area contributed by atoms with Crippen LogP contribution in [-0.2, 0) is 14.8 Å². The van der Waals surface area contributed by atoms with E-state index in [2.05, 4.69) is 9.71 Å². The third-order valence-electron chi connectivity index (χ3n) is 4.37. The summed E-state index contributed by atoms with van der Waals surface area (Å²) in [5.41, 5.74) is 7.06. The maximum Gasteiger partial charge on any atom is 0.243 e. The molecule has 0 aliphatic carbocycles. The van der Waals surface area contributed by atoms with Crippen molar-refractivity contribution in [3.05, 3.63) is 24.4 Å². The van der Waals surface area contributed by atoms with Crippen molar-refractivity contribution in [2.24, 2.45) is 0 Å². The second kappa shape index (κ2) is 4.46. The lowest BCUT2D eigenvalue weighted by Crippen LogP contribution is -2.41. The highest BCUT2D eigenvalue weighted by Crippen LogP contribution is 2.35. The molecule has 3 atom stereocenters. The van der Waals surface area contributed by atoms with Gasteiger partial charge in [-0.25, -0.2) is 13.1 Å². The van der Waals surface area contributed by atoms with Crippen molar-refractivity contribution in [3.8, 4) is 0 Å². The second-order valence-electron chi connectivity index (χ2n) is 5.80. The summed E-state index contributed by atoms with van der Waals surface area (Å²) in [5.74, 6) is 0. The van der Waals surface area contributed by atoms with E-state index in [0.29, 0.717) is 11.1 Å². The van der Waals surface area contributed by atoms with Gasteiger partial charge in [0.2, 0.25) is 10.0 Å². The molecule has 7 heteroatoms. The number of nitrogens with two attached hydrogens (primary N) is 1. The Bertz CT molecular complexity index is 799. The van der Waals surface area contributed by atoms with Gasteiger partial charge in [-0.3, -0.25) is 0 Å². The fourth-order valence-corrected chi connectivity index (χ4v) is 4.81. The average Bonchev–Trinajstić information content (AvgIpc) is 3.11. The van der Waals surface area contributed by atoms with Crippen LogP contribution in [0.25, 0.3) is 10.9 Å². The predicted molar refractivity (Wildman–Crippen MR) is 79.3 cm³/mol. The summed E-state index contributed by atoms with van der Waals surface area (Å²) < 4.78 is 33.7. The Hall–Kier alpha value is -1.57. The number of hydrogen-bond acceptors (Lipinski definition) is 4. The molecule has 2 aliphatic rings. The topological polar surface area (TPSA) is 97.2 Å². The fraction of sp³-hybridized carbons (Fsp3) is 0.429. The number of aromatic amines is 1. The molecule has 2 aliphatic heterocycles. The van der Waals surface area contributed by atoms with Crippen LogP contribution in [0.3, 0.4) is 0 Å². The third kappa shape index (κ3) is 2.12. The molecule has 6 nitrogen and oxygen atoms in total. The van der Waals surface area contributed by atoms with Gasteiger partial charge in [0.15, 0.2) is 0 Å². The summed E-state index contributed by atoms with van der Waals surface area (Å²) in [4.78, 5) is 3.22. The Morgan fingerprint density at radius 3 is 2.90 bits per heavy atom. The number of fused-ring (bicyclic) bond motifs is 3. The van der Waals surface area contributed by atoms with Gasteiger partial charge in [0.25, 0.3) is 0 Å². The lowest BCUT2D eigenvalue weighted by Gasteiger charge is -2.19. The lowest BCUT2D eigenvalue weighted by molar-refractivity contribution is 0.0996. The number of nitrogens with one attached hydrogen (secondary N) is 2. The number of benzene rings is 1. The van der Waals surface area contributed by atoms with Gasteiger partial charge in [0.05, 0.1) is 18.2 Å². The molecule has 0 radical (unpaired) electrons. The van der Waals surface area contributed by atoms with Crippen LogP contribution >= 0.6 is 0 Å². The SMILES string of the molecule is Nc1ccc2[nH]cc(S(=O)(=O)NC3CC4CCC3O4)c2c1. The number of sulfonamides is 1. The molecule has 2 saturated heterocycles. The van der Waals surface area contributed by atoms with Crippen LogP contribution in [0.5, 0.6) is 0 Å². The first-order valence-electron chi connectivity index (χ1n) is 7.07. The second-order valence-corrected chi connectivity index (χ2v) is 7.48. The third-order valence-corrected chi connectivity index (χ3v) is 5.90. The molecule has 4 N–H and O–H groups in total. The molecule has 0 amide bonds. The first-order valence-corrected chi connectivity index (χ1v) is 8.56. The zero-order valence-electron chi connectivity index (χ0n) is 11.4. The number of hydrogen-bond donors (Lipinski definition) is 3. The molecule has 1 aromatic heterocycles. The van der Waals surface area contributed by atoms with Gasteiger partial charge in [-0.1, -0.05) is 0 Å². The average molecular weight is 307 g/mol. The maximum absolute atomic E-state index is 12.6. The van der Waals surface area contributed by atoms with Gasteiger partial charge < -0.3 is 15.5 Å². The number of ether oxygens (including phenoxy) is 1. The standard InChI is InChI=1S/C14H17N3O3S/c15-8-1-3-11-10(5-8)14(7-16-11)21(18,19)17-12-6-9-2-4-13(12)20-9/h1,3,5,7,9,12-13,16-17H,2,4,6,15H2. The van der Waals surface area contributed by atoms with Crippen LogP contribution < -0.4 is 10.5 Å². The van der Waals surface area contributed by atoms with Crippen molar-refractivity contribution in [2.75, 3.05) is 5.73 Å². The maximum atomic E-state index is 12.6. The lowest BCUT2D eigenvalue weighted by atomic mass is 9.96. The molecule has 1 aromatic carbocycles. The van der Waals surface area contributed by atoms with Crippen LogP contribution in [0.4, 0.5) is 5.69 Å². The Labute approximate surface area is 122 Å². The Morgan fingerprint density at radius 2 is 2.19 bits per heavy atom. The molecular formula is C14H17N3O3S. The summed E-state index contributed by atoms with van der Waals surface area (Å²) in [7, 11) is -3.58. The highest BCUT2D eigenvalue weighted by Gasteiger charge is 2.42. The molecule has 2 bridgehead atoms. The summed E-state index contributed by atoms with van der Waals surface area (Å²) in [6.45, 7) is 0. The number of H-pyrrole nitrogens is 1. The summed E-state index contributed by atoms with van der Waals surface area (Å²) in [6, 6.07) is 5.08. The minimum absolute atomic E-state index is 0.0139. The van der Waals surface area contributed by atoms with Gasteiger partial charge >= 0.3 is 0 Å². The van der Waals surface area contributed by atoms with Crippen LogP contribution in [-0.4, -0.2) is 31.7 Å². The monoisotopic (exact) mass is 307 g/mol. The van der Waals surface area contributed by atoms with Crippen molar-refractivity contribution >= 4 is 26.6 Å². The normalized spacial score (nSPS) is 28.5. The number of nitrogen functional groups attached to an aromatic ring is 1. The van der Waals surface area contributed by atoms with Gasteiger partial charge in [0.1, 0.15) is 4.90 Å². The summed E-state index contributed by atoms with van der Waals surface area (Å²) in [5, 5.41) is 0.617. The first-order chi connectivity index (χ1) is 10.0. The van der Waals surface area contributed by atoms with E-state index < -0.39 is 10.0 Å². The molecule has 0 spiro atoms. The first kappa shape index (κ1) is 13.1. The van der Waals surface area contributed by atoms with Crippen LogP contribution in [0.15, 0.2) is 29.3 Å². The fourth-order valence-electron chi connectivity index (χ4n) is 3.36. The van der Waals surface area contributed by atoms with E-state index in [0.717, 1.165) is 24.8 Å². The van der Waals surface area contributed by atoms with E-state index >= 15 is 0 Å². The van der Waals surface area contributed by atoms with Gasteiger partial charge in [-0.05, 0) is 37.5 Å². The highest BCUT2D eigenvalue weighted by atomic mass is 32.2. The van der Waals surface area contributed by atoms with Crippen molar-refractivity contribution in [2.45, 2.75) is 42.4 Å². The van der Waals surface area contributed by atoms with Crippen LogP contribution in [0.1, 0.15) is 19.3 Å². The smallest absolute Gasteiger partial charge is 0.243 e. The van der Waals surface area contributed by atoms with E-state index in [4.69, 9.17) is 10.5 Å². The van der Waals surface area contributed by atoms with Crippen molar-refractivity contribution < 1.29 is 13.2 Å². The molecule has 3 unspecified atom stereocenters. The zero-order chi connectivity index (χ0) is 14.6. The number of aromatic nitrogens is 1. The zero-order valence-corrected chi connectivity index (χ0v) is 12.2. The number of rotatable bonds is 3. The van der Waals surface area contributed by atoms with E-state index in [9.17, 15) is 8.42 Å². The molecular weight excluding hydrogens is 290 g/mol. The molecule has 112 valence electrons. The van der Waals surface area contributed by atoms with E-state index in [1.165, 1.54) is 6.20 Å². The van der Waals surface area contributed by atoms with E-state index in [1.54, 1.807) is 18.2 Å². The summed E-state index contributed by atoms with van der Waals surface area (Å²) >= 11 is 0.